The molecule has 1 atom stereocenters. The van der Waals surface area contributed by atoms with Crippen LogP contribution in [0, 0.1) is 13.8 Å². The van der Waals surface area contributed by atoms with Crippen molar-refractivity contribution in [1.29, 1.82) is 0 Å². The number of aromatic nitrogens is 1. The fourth-order valence-electron chi connectivity index (χ4n) is 3.91. The lowest BCUT2D eigenvalue weighted by Gasteiger charge is -2.35. The zero-order chi connectivity index (χ0) is 19.5. The van der Waals surface area contributed by atoms with Gasteiger partial charge in [-0.2, -0.15) is 0 Å². The first kappa shape index (κ1) is 18.9. The molecule has 5 nitrogen and oxygen atoms in total. The Balaban J connectivity index is 1.76. The van der Waals surface area contributed by atoms with Crippen LogP contribution in [0.25, 0.3) is 0 Å². The van der Waals surface area contributed by atoms with Gasteiger partial charge in [-0.1, -0.05) is 12.5 Å². The highest BCUT2D eigenvalue weighted by Gasteiger charge is 2.30. The molecule has 3 aromatic heterocycles. The molecule has 0 radical (unpaired) electrons. The Kier molecular flexibility index (Phi) is 5.59. The minimum atomic E-state index is -0.212. The third-order valence-electron chi connectivity index (χ3n) is 5.43. The Morgan fingerprint density at radius 2 is 2.04 bits per heavy atom. The van der Waals surface area contributed by atoms with Gasteiger partial charge in [0, 0.05) is 22.8 Å². The highest BCUT2D eigenvalue weighted by atomic mass is 32.1. The Morgan fingerprint density at radius 1 is 1.21 bits per heavy atom. The van der Waals surface area contributed by atoms with Gasteiger partial charge in [-0.25, -0.2) is 0 Å². The van der Waals surface area contributed by atoms with E-state index in [1.54, 1.807) is 23.5 Å². The van der Waals surface area contributed by atoms with Gasteiger partial charge in [-0.05, 0) is 69.1 Å². The van der Waals surface area contributed by atoms with Crippen LogP contribution in [0.1, 0.15) is 57.4 Å². The predicted octanol–water partition coefficient (Wildman–Crippen LogP) is 5.18. The largest absolute Gasteiger partial charge is 0.459 e. The van der Waals surface area contributed by atoms with E-state index >= 15 is 0 Å². The van der Waals surface area contributed by atoms with Gasteiger partial charge >= 0.3 is 0 Å². The fraction of sp³-hybridized carbons (Fsp3) is 0.364. The molecule has 1 fully saturated rings. The van der Waals surface area contributed by atoms with Gasteiger partial charge in [-0.3, -0.25) is 14.7 Å². The van der Waals surface area contributed by atoms with Crippen molar-refractivity contribution in [1.82, 2.24) is 9.88 Å². The molecule has 0 saturated carbocycles. The monoisotopic (exact) mass is 395 g/mol. The number of thiophene rings is 1. The summed E-state index contributed by atoms with van der Waals surface area (Å²) >= 11 is 1.63. The molecule has 6 heteroatoms. The number of pyridine rings is 1. The highest BCUT2D eigenvalue weighted by molar-refractivity contribution is 7.16. The normalized spacial score (nSPS) is 16.1. The molecule has 0 aliphatic carbocycles. The molecule has 1 amide bonds. The maximum Gasteiger partial charge on any atom is 0.291 e. The zero-order valence-electron chi connectivity index (χ0n) is 16.3. The molecular formula is C22H25N3O2S. The molecule has 1 aliphatic heterocycles. The van der Waals surface area contributed by atoms with Crippen molar-refractivity contribution in [3.05, 3.63) is 70.3 Å². The first-order valence-corrected chi connectivity index (χ1v) is 10.6. The third kappa shape index (κ3) is 3.75. The molecule has 0 unspecified atom stereocenters. The predicted molar refractivity (Wildman–Crippen MR) is 112 cm³/mol. The van der Waals surface area contributed by atoms with Crippen LogP contribution in [-0.4, -0.2) is 28.9 Å². The first-order valence-electron chi connectivity index (χ1n) is 9.74. The quantitative estimate of drug-likeness (QED) is 0.647. The number of piperidine rings is 1. The lowest BCUT2D eigenvalue weighted by Crippen LogP contribution is -2.35. The van der Waals surface area contributed by atoms with E-state index in [-0.39, 0.29) is 11.9 Å². The summed E-state index contributed by atoms with van der Waals surface area (Å²) in [7, 11) is 0. The van der Waals surface area contributed by atoms with Gasteiger partial charge in [0.1, 0.15) is 5.00 Å². The minimum absolute atomic E-state index is 0.0888. The van der Waals surface area contributed by atoms with Crippen molar-refractivity contribution >= 4 is 22.2 Å². The molecule has 4 heterocycles. The molecule has 1 saturated heterocycles. The number of nitrogens with one attached hydrogen (secondary N) is 1. The summed E-state index contributed by atoms with van der Waals surface area (Å²) in [6, 6.07) is 7.63. The van der Waals surface area contributed by atoms with E-state index in [1.807, 2.05) is 18.5 Å². The van der Waals surface area contributed by atoms with E-state index < -0.39 is 0 Å². The van der Waals surface area contributed by atoms with Crippen LogP contribution in [0.4, 0.5) is 5.00 Å². The standard InChI is InChI=1S/C22H25N3O2S/c1-15-16(2)28-22(24-21(26)18-9-7-13-27-18)19(15)20(17-8-6-10-23-14-17)25-11-4-3-5-12-25/h6-10,13-14,20H,3-5,11-12H2,1-2H3,(H,24,26)/t20-/m1/s1. The SMILES string of the molecule is Cc1sc(NC(=O)c2ccco2)c([C@@H](c2cccnc2)N2CCCCC2)c1C. The van der Waals surface area contributed by atoms with Gasteiger partial charge in [-0.15, -0.1) is 11.3 Å². The summed E-state index contributed by atoms with van der Waals surface area (Å²) < 4.78 is 5.28. The number of likely N-dealkylation sites (tertiary alicyclic amines) is 1. The number of amides is 1. The Labute approximate surface area is 169 Å². The molecule has 0 spiro atoms. The van der Waals surface area contributed by atoms with Crippen molar-refractivity contribution in [2.75, 3.05) is 18.4 Å². The van der Waals surface area contributed by atoms with Gasteiger partial charge in [0.2, 0.25) is 0 Å². The van der Waals surface area contributed by atoms with Crippen molar-refractivity contribution in [3.8, 4) is 0 Å². The second-order valence-corrected chi connectivity index (χ2v) is 8.47. The number of rotatable bonds is 5. The Hall–Kier alpha value is -2.44. The maximum absolute atomic E-state index is 12.7. The molecule has 3 aromatic rings. The fourth-order valence-corrected chi connectivity index (χ4v) is 5.00. The Morgan fingerprint density at radius 3 is 2.71 bits per heavy atom. The third-order valence-corrected chi connectivity index (χ3v) is 6.57. The van der Waals surface area contributed by atoms with Crippen LogP contribution in [0.2, 0.25) is 0 Å². The summed E-state index contributed by atoms with van der Waals surface area (Å²) in [5.74, 6) is 0.113. The van der Waals surface area contributed by atoms with E-state index in [0.717, 1.165) is 18.1 Å². The number of furan rings is 1. The number of hydrogen-bond donors (Lipinski definition) is 1. The van der Waals surface area contributed by atoms with E-state index in [1.165, 1.54) is 47.1 Å². The number of aryl methyl sites for hydroxylation is 1. The van der Waals surface area contributed by atoms with E-state index in [4.69, 9.17) is 4.42 Å². The summed E-state index contributed by atoms with van der Waals surface area (Å²) in [6.07, 6.45) is 8.96. The second kappa shape index (κ2) is 8.29. The van der Waals surface area contributed by atoms with E-state index in [9.17, 15) is 4.79 Å². The molecular weight excluding hydrogens is 370 g/mol. The van der Waals surface area contributed by atoms with Crippen LogP contribution >= 0.6 is 11.3 Å². The zero-order valence-corrected chi connectivity index (χ0v) is 17.1. The lowest BCUT2D eigenvalue weighted by atomic mass is 9.94. The molecule has 1 N–H and O–H groups in total. The molecule has 146 valence electrons. The van der Waals surface area contributed by atoms with Crippen LogP contribution in [-0.2, 0) is 0 Å². The van der Waals surface area contributed by atoms with Crippen molar-refractivity contribution < 1.29 is 9.21 Å². The van der Waals surface area contributed by atoms with Crippen LogP contribution < -0.4 is 5.32 Å². The average Bonchev–Trinajstić information content (AvgIpc) is 3.35. The summed E-state index contributed by atoms with van der Waals surface area (Å²) in [5, 5.41) is 4.00. The van der Waals surface area contributed by atoms with Crippen LogP contribution in [0.15, 0.2) is 47.3 Å². The molecule has 28 heavy (non-hydrogen) atoms. The molecule has 1 aliphatic rings. The van der Waals surface area contributed by atoms with Crippen molar-refractivity contribution in [3.63, 3.8) is 0 Å². The van der Waals surface area contributed by atoms with Crippen LogP contribution in [0.5, 0.6) is 0 Å². The number of anilines is 1. The van der Waals surface area contributed by atoms with E-state index in [2.05, 4.69) is 35.1 Å². The average molecular weight is 396 g/mol. The second-order valence-electron chi connectivity index (χ2n) is 7.24. The molecule has 4 rings (SSSR count). The summed E-state index contributed by atoms with van der Waals surface area (Å²) in [4.78, 5) is 20.8. The van der Waals surface area contributed by atoms with Crippen molar-refractivity contribution in [2.24, 2.45) is 0 Å². The topological polar surface area (TPSA) is 58.4 Å². The van der Waals surface area contributed by atoms with Gasteiger partial charge < -0.3 is 9.73 Å². The van der Waals surface area contributed by atoms with E-state index in [0.29, 0.717) is 5.76 Å². The van der Waals surface area contributed by atoms with Gasteiger partial charge in [0.05, 0.1) is 12.3 Å². The number of carbonyl (C=O) groups excluding carboxylic acids is 1. The highest BCUT2D eigenvalue weighted by Crippen LogP contribution is 2.42. The summed E-state index contributed by atoms with van der Waals surface area (Å²) in [5.41, 5.74) is 3.58. The van der Waals surface area contributed by atoms with Gasteiger partial charge in [0.25, 0.3) is 5.91 Å². The molecule has 0 bridgehead atoms. The number of carbonyl (C=O) groups is 1. The summed E-state index contributed by atoms with van der Waals surface area (Å²) in [6.45, 7) is 6.37. The number of hydrogen-bond acceptors (Lipinski definition) is 5. The first-order chi connectivity index (χ1) is 13.6. The number of nitrogens with zero attached hydrogens (tertiary/aromatic N) is 2. The maximum atomic E-state index is 12.7. The lowest BCUT2D eigenvalue weighted by molar-refractivity contribution is 0.0996. The minimum Gasteiger partial charge on any atom is -0.459 e. The van der Waals surface area contributed by atoms with Crippen molar-refractivity contribution in [2.45, 2.75) is 39.2 Å². The smallest absolute Gasteiger partial charge is 0.291 e. The van der Waals surface area contributed by atoms with Gasteiger partial charge in [0.15, 0.2) is 5.76 Å². The van der Waals surface area contributed by atoms with Crippen LogP contribution in [0.3, 0.4) is 0 Å². The Bertz CT molecular complexity index is 928. The molecule has 0 aromatic carbocycles.